The molecule has 1 unspecified atom stereocenters. The van der Waals surface area contributed by atoms with Crippen molar-refractivity contribution in [3.05, 3.63) is 77.9 Å². The minimum atomic E-state index is -4.43. The molecule has 5 nitrogen and oxygen atoms in total. The van der Waals surface area contributed by atoms with E-state index in [0.29, 0.717) is 22.5 Å². The van der Waals surface area contributed by atoms with Gasteiger partial charge in [0, 0.05) is 31.4 Å². The van der Waals surface area contributed by atoms with E-state index in [4.69, 9.17) is 0 Å². The number of likely N-dealkylation sites (tertiary alicyclic amines) is 1. The summed E-state index contributed by atoms with van der Waals surface area (Å²) in [6.45, 7) is 2.06. The van der Waals surface area contributed by atoms with E-state index in [0.717, 1.165) is 12.1 Å². The third kappa shape index (κ3) is 4.72. The van der Waals surface area contributed by atoms with Crippen molar-refractivity contribution < 1.29 is 22.4 Å². The number of carbonyl (C=O) groups is 1. The molecular weight excluding hydrogens is 436 g/mol. The molecule has 4 rings (SSSR count). The lowest BCUT2D eigenvalue weighted by Crippen LogP contribution is -2.46. The van der Waals surface area contributed by atoms with Gasteiger partial charge in [0.1, 0.15) is 17.7 Å². The van der Waals surface area contributed by atoms with E-state index in [-0.39, 0.29) is 31.8 Å². The van der Waals surface area contributed by atoms with Crippen molar-refractivity contribution >= 4 is 5.91 Å². The Kier molecular flexibility index (Phi) is 6.14. The summed E-state index contributed by atoms with van der Waals surface area (Å²) in [5, 5.41) is 0. The Bertz CT molecular complexity index is 1110. The van der Waals surface area contributed by atoms with Crippen LogP contribution in [-0.2, 0) is 6.18 Å². The summed E-state index contributed by atoms with van der Waals surface area (Å²) in [6, 6.07) is 9.60. The van der Waals surface area contributed by atoms with E-state index in [9.17, 15) is 18.0 Å². The SMILES string of the molecule is CC(c1ccc(C(F)(F)F)cc1)C1(F)CCN(C(=O)c2cccnc2-c2ccncn2)CC1. The summed E-state index contributed by atoms with van der Waals surface area (Å²) in [5.41, 5.74) is -0.562. The monoisotopic (exact) mass is 458 g/mol. The van der Waals surface area contributed by atoms with Gasteiger partial charge in [-0.1, -0.05) is 19.1 Å². The molecular formula is C24H22F4N4O. The van der Waals surface area contributed by atoms with E-state index in [2.05, 4.69) is 15.0 Å². The maximum absolute atomic E-state index is 15.8. The minimum absolute atomic E-state index is 0.0873. The van der Waals surface area contributed by atoms with Crippen LogP contribution in [0.2, 0.25) is 0 Å². The Morgan fingerprint density at radius 2 is 1.73 bits per heavy atom. The number of aromatic nitrogens is 3. The summed E-state index contributed by atoms with van der Waals surface area (Å²) < 4.78 is 54.2. The van der Waals surface area contributed by atoms with Crippen molar-refractivity contribution in [1.82, 2.24) is 19.9 Å². The second-order valence-electron chi connectivity index (χ2n) is 8.16. The van der Waals surface area contributed by atoms with Gasteiger partial charge in [0.25, 0.3) is 5.91 Å². The Morgan fingerprint density at radius 3 is 2.33 bits per heavy atom. The minimum Gasteiger partial charge on any atom is -0.338 e. The molecule has 1 aliphatic heterocycles. The number of pyridine rings is 1. The van der Waals surface area contributed by atoms with Gasteiger partial charge < -0.3 is 4.90 Å². The van der Waals surface area contributed by atoms with E-state index in [1.54, 1.807) is 42.4 Å². The summed E-state index contributed by atoms with van der Waals surface area (Å²) in [4.78, 5) is 27.1. The zero-order valence-corrected chi connectivity index (χ0v) is 17.9. The van der Waals surface area contributed by atoms with Crippen LogP contribution in [0.3, 0.4) is 0 Å². The van der Waals surface area contributed by atoms with Crippen molar-refractivity contribution in [3.63, 3.8) is 0 Å². The number of hydrogen-bond acceptors (Lipinski definition) is 4. The Morgan fingerprint density at radius 1 is 1.03 bits per heavy atom. The highest BCUT2D eigenvalue weighted by Gasteiger charge is 2.42. The molecule has 1 fully saturated rings. The van der Waals surface area contributed by atoms with Gasteiger partial charge in [0.2, 0.25) is 0 Å². The van der Waals surface area contributed by atoms with E-state index in [1.165, 1.54) is 18.5 Å². The molecule has 0 radical (unpaired) electrons. The van der Waals surface area contributed by atoms with Gasteiger partial charge in [-0.25, -0.2) is 14.4 Å². The Balaban J connectivity index is 1.47. The number of hydrogen-bond donors (Lipinski definition) is 0. The summed E-state index contributed by atoms with van der Waals surface area (Å²) >= 11 is 0. The van der Waals surface area contributed by atoms with Crippen LogP contribution in [0.4, 0.5) is 17.6 Å². The Hall–Kier alpha value is -3.36. The fourth-order valence-electron chi connectivity index (χ4n) is 4.16. The maximum atomic E-state index is 15.8. The zero-order chi connectivity index (χ0) is 23.6. The van der Waals surface area contributed by atoms with Crippen molar-refractivity contribution in [2.24, 2.45) is 0 Å². The number of halogens is 4. The molecule has 3 aromatic rings. The third-order valence-electron chi connectivity index (χ3n) is 6.26. The van der Waals surface area contributed by atoms with Gasteiger partial charge >= 0.3 is 6.18 Å². The predicted molar refractivity (Wildman–Crippen MR) is 114 cm³/mol. The first-order chi connectivity index (χ1) is 15.7. The molecule has 1 aromatic carbocycles. The van der Waals surface area contributed by atoms with Gasteiger partial charge in [-0.15, -0.1) is 0 Å². The molecule has 3 heterocycles. The van der Waals surface area contributed by atoms with Crippen molar-refractivity contribution in [3.8, 4) is 11.4 Å². The number of amides is 1. The number of benzene rings is 1. The lowest BCUT2D eigenvalue weighted by atomic mass is 9.78. The average molecular weight is 458 g/mol. The number of piperidine rings is 1. The molecule has 1 atom stereocenters. The lowest BCUT2D eigenvalue weighted by Gasteiger charge is -2.40. The fourth-order valence-corrected chi connectivity index (χ4v) is 4.16. The largest absolute Gasteiger partial charge is 0.416 e. The first-order valence-electron chi connectivity index (χ1n) is 10.6. The zero-order valence-electron chi connectivity index (χ0n) is 17.9. The quantitative estimate of drug-likeness (QED) is 0.498. The molecule has 0 spiro atoms. The molecule has 0 N–H and O–H groups in total. The normalized spacial score (nSPS) is 16.9. The topological polar surface area (TPSA) is 59.0 Å². The molecule has 33 heavy (non-hydrogen) atoms. The van der Waals surface area contributed by atoms with E-state index < -0.39 is 23.3 Å². The van der Waals surface area contributed by atoms with Crippen LogP contribution in [0.5, 0.6) is 0 Å². The molecule has 0 aliphatic carbocycles. The van der Waals surface area contributed by atoms with Crippen LogP contribution in [0.15, 0.2) is 61.2 Å². The van der Waals surface area contributed by atoms with E-state index >= 15 is 4.39 Å². The lowest BCUT2D eigenvalue weighted by molar-refractivity contribution is -0.137. The van der Waals surface area contributed by atoms with Gasteiger partial charge in [-0.05, 0) is 48.7 Å². The van der Waals surface area contributed by atoms with Gasteiger partial charge in [-0.2, -0.15) is 13.2 Å². The van der Waals surface area contributed by atoms with Gasteiger partial charge in [-0.3, -0.25) is 9.78 Å². The second kappa shape index (κ2) is 8.88. The molecule has 0 bridgehead atoms. The number of carbonyl (C=O) groups excluding carboxylic acids is 1. The van der Waals surface area contributed by atoms with Crippen molar-refractivity contribution in [2.75, 3.05) is 13.1 Å². The highest BCUT2D eigenvalue weighted by molar-refractivity contribution is 5.99. The number of nitrogens with zero attached hydrogens (tertiary/aromatic N) is 4. The molecule has 9 heteroatoms. The summed E-state index contributed by atoms with van der Waals surface area (Å²) in [6.07, 6.45) is 0.250. The van der Waals surface area contributed by atoms with Crippen LogP contribution in [0.1, 0.15) is 47.2 Å². The molecule has 2 aromatic heterocycles. The van der Waals surface area contributed by atoms with E-state index in [1.807, 2.05) is 0 Å². The van der Waals surface area contributed by atoms with Crippen LogP contribution < -0.4 is 0 Å². The van der Waals surface area contributed by atoms with Gasteiger partial charge in [0.05, 0.1) is 16.8 Å². The molecule has 172 valence electrons. The fraction of sp³-hybridized carbons (Fsp3) is 0.333. The van der Waals surface area contributed by atoms with Crippen LogP contribution in [0, 0.1) is 0 Å². The molecule has 1 amide bonds. The molecule has 1 saturated heterocycles. The third-order valence-corrected chi connectivity index (χ3v) is 6.26. The standard InChI is InChI=1S/C24H22F4N4O/c1-16(17-4-6-18(7-5-17)24(26,27)28)23(25)9-13-32(14-10-23)22(33)19-3-2-11-30-21(19)20-8-12-29-15-31-20/h2-8,11-12,15-16H,9-10,13-14H2,1H3. The smallest absolute Gasteiger partial charge is 0.338 e. The van der Waals surface area contributed by atoms with Crippen LogP contribution >= 0.6 is 0 Å². The van der Waals surface area contributed by atoms with Crippen LogP contribution in [0.25, 0.3) is 11.4 Å². The maximum Gasteiger partial charge on any atom is 0.416 e. The average Bonchev–Trinajstić information content (AvgIpc) is 2.84. The predicted octanol–water partition coefficient (Wildman–Crippen LogP) is 5.31. The number of rotatable bonds is 4. The first-order valence-corrected chi connectivity index (χ1v) is 10.6. The highest BCUT2D eigenvalue weighted by Crippen LogP contribution is 2.41. The second-order valence-corrected chi connectivity index (χ2v) is 8.16. The molecule has 0 saturated carbocycles. The first kappa shape index (κ1) is 22.8. The van der Waals surface area contributed by atoms with Crippen LogP contribution in [-0.4, -0.2) is 44.5 Å². The van der Waals surface area contributed by atoms with Crippen molar-refractivity contribution in [2.45, 2.75) is 37.5 Å². The van der Waals surface area contributed by atoms with Crippen molar-refractivity contribution in [1.29, 1.82) is 0 Å². The summed E-state index contributed by atoms with van der Waals surface area (Å²) in [7, 11) is 0. The number of alkyl halides is 4. The van der Waals surface area contributed by atoms with Gasteiger partial charge in [0.15, 0.2) is 0 Å². The Labute approximate surface area is 188 Å². The summed E-state index contributed by atoms with van der Waals surface area (Å²) in [5.74, 6) is -0.868. The highest BCUT2D eigenvalue weighted by atomic mass is 19.4. The molecule has 1 aliphatic rings.